The lowest BCUT2D eigenvalue weighted by Gasteiger charge is -2.18. The summed E-state index contributed by atoms with van der Waals surface area (Å²) >= 11 is 0. The molecule has 1 atom stereocenters. The number of hydrogen-bond acceptors (Lipinski definition) is 6. The largest absolute Gasteiger partial charge is 0.462 e. The van der Waals surface area contributed by atoms with Crippen LogP contribution in [0.3, 0.4) is 0 Å². The maximum absolute atomic E-state index is 13.0. The summed E-state index contributed by atoms with van der Waals surface area (Å²) in [6, 6.07) is 0. The molecule has 83 heavy (non-hydrogen) atoms. The number of ether oxygens (including phenoxy) is 3. The van der Waals surface area contributed by atoms with E-state index in [0.717, 1.165) is 83.5 Å². The zero-order valence-corrected chi connectivity index (χ0v) is 55.5. The summed E-state index contributed by atoms with van der Waals surface area (Å²) in [5.74, 6) is -0.869. The highest BCUT2D eigenvalue weighted by Gasteiger charge is 2.19. The van der Waals surface area contributed by atoms with E-state index in [-0.39, 0.29) is 31.1 Å². The number of esters is 3. The third-order valence-electron chi connectivity index (χ3n) is 16.2. The lowest BCUT2D eigenvalue weighted by Crippen LogP contribution is -2.30. The van der Waals surface area contributed by atoms with Gasteiger partial charge in [-0.05, 0) is 116 Å². The van der Waals surface area contributed by atoms with Crippen molar-refractivity contribution in [1.29, 1.82) is 0 Å². The topological polar surface area (TPSA) is 78.9 Å². The lowest BCUT2D eigenvalue weighted by molar-refractivity contribution is -0.167. The third kappa shape index (κ3) is 69.5. The van der Waals surface area contributed by atoms with Gasteiger partial charge in [0.2, 0.25) is 0 Å². The molecule has 0 amide bonds. The van der Waals surface area contributed by atoms with Gasteiger partial charge in [0.1, 0.15) is 13.2 Å². The maximum Gasteiger partial charge on any atom is 0.306 e. The Morgan fingerprint density at radius 3 is 0.699 bits per heavy atom. The normalized spacial score (nSPS) is 12.5. The number of hydrogen-bond donors (Lipinski definition) is 0. The van der Waals surface area contributed by atoms with Crippen LogP contribution < -0.4 is 0 Å². The fourth-order valence-corrected chi connectivity index (χ4v) is 10.7. The quantitative estimate of drug-likeness (QED) is 0.0261. The zero-order chi connectivity index (χ0) is 59.9. The van der Waals surface area contributed by atoms with Gasteiger partial charge in [-0.25, -0.2) is 0 Å². The van der Waals surface area contributed by atoms with Crippen LogP contribution in [-0.4, -0.2) is 37.2 Å². The standard InChI is InChI=1S/C77H138O6/c1-4-7-10-13-16-19-22-25-27-29-31-33-35-37-38-40-41-43-45-47-49-52-55-58-61-64-67-70-76(79)82-73-74(72-81-75(78)69-66-63-60-57-54-51-24-21-18-15-12-9-6-3)83-77(80)71-68-65-62-59-56-53-50-48-46-44-42-39-36-34-32-30-28-26-23-20-17-14-11-8-5-2/h21-26,29-32,36,39,74H,4-20,27-28,33-35,37-38,40-73H2,1-3H3/b24-21-,25-22-,26-23-,31-29-,32-30-,39-36-. The van der Waals surface area contributed by atoms with Crippen molar-refractivity contribution >= 4 is 17.9 Å². The highest BCUT2D eigenvalue weighted by atomic mass is 16.6. The van der Waals surface area contributed by atoms with Gasteiger partial charge in [0.05, 0.1) is 0 Å². The van der Waals surface area contributed by atoms with Gasteiger partial charge in [-0.2, -0.15) is 0 Å². The fraction of sp³-hybridized carbons (Fsp3) is 0.805. The minimum atomic E-state index is -0.782. The van der Waals surface area contributed by atoms with Crippen LogP contribution in [0.5, 0.6) is 0 Å². The van der Waals surface area contributed by atoms with E-state index in [1.54, 1.807) is 0 Å². The van der Waals surface area contributed by atoms with E-state index in [1.165, 1.54) is 257 Å². The minimum Gasteiger partial charge on any atom is -0.462 e. The Kier molecular flexibility index (Phi) is 68.6. The van der Waals surface area contributed by atoms with Crippen molar-refractivity contribution < 1.29 is 28.6 Å². The van der Waals surface area contributed by atoms with Crippen LogP contribution in [0.25, 0.3) is 0 Å². The Balaban J connectivity index is 4.26. The molecule has 482 valence electrons. The Morgan fingerprint density at radius 2 is 0.434 bits per heavy atom. The van der Waals surface area contributed by atoms with Gasteiger partial charge in [-0.15, -0.1) is 0 Å². The highest BCUT2D eigenvalue weighted by molar-refractivity contribution is 5.71. The molecule has 0 aromatic heterocycles. The molecule has 1 unspecified atom stereocenters. The van der Waals surface area contributed by atoms with Crippen LogP contribution >= 0.6 is 0 Å². The average Bonchev–Trinajstić information content (AvgIpc) is 3.49. The third-order valence-corrected chi connectivity index (χ3v) is 16.2. The van der Waals surface area contributed by atoms with Gasteiger partial charge in [0.25, 0.3) is 0 Å². The molecule has 0 aromatic rings. The number of carbonyl (C=O) groups excluding carboxylic acids is 3. The molecular formula is C77H138O6. The van der Waals surface area contributed by atoms with E-state index < -0.39 is 6.10 Å². The van der Waals surface area contributed by atoms with Crippen molar-refractivity contribution in [1.82, 2.24) is 0 Å². The molecule has 0 aromatic carbocycles. The van der Waals surface area contributed by atoms with E-state index in [9.17, 15) is 14.4 Å². The fourth-order valence-electron chi connectivity index (χ4n) is 10.7. The smallest absolute Gasteiger partial charge is 0.306 e. The van der Waals surface area contributed by atoms with Crippen LogP contribution in [-0.2, 0) is 28.6 Å². The predicted molar refractivity (Wildman–Crippen MR) is 362 cm³/mol. The van der Waals surface area contributed by atoms with Crippen LogP contribution in [0.4, 0.5) is 0 Å². The Labute approximate surface area is 516 Å². The van der Waals surface area contributed by atoms with Crippen molar-refractivity contribution in [2.75, 3.05) is 13.2 Å². The SMILES string of the molecule is CCCCCC/C=C\CCCCCCCC(=O)OCC(COC(=O)CCCCCCCCCCCCCCCCC/C=C\C/C=C\CCCCCCC)OC(=O)CCCCCCCCCCCC/C=C\C/C=C\C/C=C\CCCCCCC. The maximum atomic E-state index is 13.0. The van der Waals surface area contributed by atoms with E-state index in [4.69, 9.17) is 14.2 Å². The first-order valence-corrected chi connectivity index (χ1v) is 36.4. The number of rotatable bonds is 67. The summed E-state index contributed by atoms with van der Waals surface area (Å²) in [5.41, 5.74) is 0. The molecule has 0 saturated heterocycles. The van der Waals surface area contributed by atoms with Gasteiger partial charge in [0.15, 0.2) is 6.10 Å². The molecule has 0 heterocycles. The van der Waals surface area contributed by atoms with Gasteiger partial charge in [-0.3, -0.25) is 14.4 Å². The molecule has 6 heteroatoms. The molecule has 6 nitrogen and oxygen atoms in total. The molecule has 0 bridgehead atoms. The van der Waals surface area contributed by atoms with Crippen LogP contribution in [0.1, 0.15) is 380 Å². The van der Waals surface area contributed by atoms with Gasteiger partial charge in [-0.1, -0.05) is 318 Å². The van der Waals surface area contributed by atoms with E-state index in [2.05, 4.69) is 93.7 Å². The second kappa shape index (κ2) is 71.3. The summed E-state index contributed by atoms with van der Waals surface area (Å²) in [4.78, 5) is 38.5. The second-order valence-electron chi connectivity index (χ2n) is 24.5. The first-order chi connectivity index (χ1) is 41.0. The molecular weight excluding hydrogens is 1020 g/mol. The molecule has 0 spiro atoms. The molecule has 0 N–H and O–H groups in total. The molecule has 0 aliphatic carbocycles. The first kappa shape index (κ1) is 79.8. The van der Waals surface area contributed by atoms with E-state index in [1.807, 2.05) is 0 Å². The summed E-state index contributed by atoms with van der Waals surface area (Å²) in [6.45, 7) is 6.65. The average molecular weight is 1160 g/mol. The lowest BCUT2D eigenvalue weighted by atomic mass is 10.0. The van der Waals surface area contributed by atoms with E-state index >= 15 is 0 Å². The number of unbranched alkanes of at least 4 members (excludes halogenated alkanes) is 44. The number of carbonyl (C=O) groups is 3. The Hall–Kier alpha value is -3.15. The summed E-state index contributed by atoms with van der Waals surface area (Å²) in [5, 5.41) is 0. The summed E-state index contributed by atoms with van der Waals surface area (Å²) in [7, 11) is 0. The molecule has 0 saturated carbocycles. The molecule has 0 aliphatic rings. The Bertz CT molecular complexity index is 1520. The van der Waals surface area contributed by atoms with Crippen molar-refractivity contribution in [2.45, 2.75) is 386 Å². The predicted octanol–water partition coefficient (Wildman–Crippen LogP) is 25.2. The monoisotopic (exact) mass is 1160 g/mol. The van der Waals surface area contributed by atoms with Crippen LogP contribution in [0.15, 0.2) is 72.9 Å². The first-order valence-electron chi connectivity index (χ1n) is 36.4. The van der Waals surface area contributed by atoms with Crippen molar-refractivity contribution in [3.8, 4) is 0 Å². The number of allylic oxidation sites excluding steroid dienone is 12. The summed E-state index contributed by atoms with van der Waals surface area (Å²) < 4.78 is 17.0. The highest BCUT2D eigenvalue weighted by Crippen LogP contribution is 2.18. The van der Waals surface area contributed by atoms with Gasteiger partial charge in [0, 0.05) is 19.3 Å². The van der Waals surface area contributed by atoms with Crippen LogP contribution in [0, 0.1) is 0 Å². The summed E-state index contributed by atoms with van der Waals surface area (Å²) in [6.07, 6.45) is 93.6. The molecule has 0 radical (unpaired) electrons. The van der Waals surface area contributed by atoms with Gasteiger partial charge < -0.3 is 14.2 Å². The van der Waals surface area contributed by atoms with Crippen molar-refractivity contribution in [3.63, 3.8) is 0 Å². The molecule has 0 fully saturated rings. The van der Waals surface area contributed by atoms with Crippen molar-refractivity contribution in [2.24, 2.45) is 0 Å². The minimum absolute atomic E-state index is 0.0768. The molecule has 0 rings (SSSR count). The van der Waals surface area contributed by atoms with Crippen molar-refractivity contribution in [3.05, 3.63) is 72.9 Å². The van der Waals surface area contributed by atoms with Crippen LogP contribution in [0.2, 0.25) is 0 Å². The van der Waals surface area contributed by atoms with E-state index in [0.29, 0.717) is 19.3 Å². The Morgan fingerprint density at radius 1 is 0.241 bits per heavy atom. The second-order valence-corrected chi connectivity index (χ2v) is 24.5. The molecule has 0 aliphatic heterocycles. The van der Waals surface area contributed by atoms with Gasteiger partial charge >= 0.3 is 17.9 Å². The zero-order valence-electron chi connectivity index (χ0n) is 55.5.